The maximum absolute atomic E-state index is 6.42. The van der Waals surface area contributed by atoms with E-state index in [1.54, 1.807) is 0 Å². The lowest BCUT2D eigenvalue weighted by molar-refractivity contribution is 0.669. The van der Waals surface area contributed by atoms with Crippen LogP contribution in [0.1, 0.15) is 22.3 Å². The largest absolute Gasteiger partial charge is 0.456 e. The second kappa shape index (κ2) is 14.1. The highest BCUT2D eigenvalue weighted by molar-refractivity contribution is 6.06. The molecule has 10 aromatic carbocycles. The van der Waals surface area contributed by atoms with Gasteiger partial charge in [0.2, 0.25) is 0 Å². The Balaban J connectivity index is 0.969. The topological polar surface area (TPSA) is 16.4 Å². The smallest absolute Gasteiger partial charge is 0.137 e. The van der Waals surface area contributed by atoms with Gasteiger partial charge in [0.05, 0.1) is 5.41 Å². The van der Waals surface area contributed by atoms with E-state index in [0.29, 0.717) is 0 Å². The predicted octanol–water partition coefficient (Wildman–Crippen LogP) is 15.9. The Morgan fingerprint density at radius 1 is 0.311 bits per heavy atom. The summed E-state index contributed by atoms with van der Waals surface area (Å²) in [5.74, 6) is 0. The van der Waals surface area contributed by atoms with Gasteiger partial charge in [0.1, 0.15) is 11.2 Å². The Bertz CT molecular complexity index is 3360. The third-order valence-corrected chi connectivity index (χ3v) is 12.8. The van der Waals surface area contributed by atoms with Gasteiger partial charge >= 0.3 is 0 Å². The predicted molar refractivity (Wildman–Crippen MR) is 254 cm³/mol. The molecule has 11 aromatic rings. The first-order valence-electron chi connectivity index (χ1n) is 21.0. The second-order valence-corrected chi connectivity index (χ2v) is 16.0. The molecule has 0 unspecified atom stereocenters. The van der Waals surface area contributed by atoms with Gasteiger partial charge in [0, 0.05) is 33.9 Å². The number of rotatable bonds is 7. The normalized spacial score (nSPS) is 12.7. The fourth-order valence-corrected chi connectivity index (χ4v) is 10.0. The molecule has 1 aliphatic carbocycles. The zero-order valence-electron chi connectivity index (χ0n) is 33.4. The van der Waals surface area contributed by atoms with Gasteiger partial charge in [0.15, 0.2) is 0 Å². The monoisotopic (exact) mass is 777 g/mol. The number of hydrogen-bond acceptors (Lipinski definition) is 2. The first kappa shape index (κ1) is 35.0. The second-order valence-electron chi connectivity index (χ2n) is 16.0. The van der Waals surface area contributed by atoms with Gasteiger partial charge in [-0.15, -0.1) is 0 Å². The molecule has 0 amide bonds. The molecule has 61 heavy (non-hydrogen) atoms. The van der Waals surface area contributed by atoms with Gasteiger partial charge in [-0.2, -0.15) is 0 Å². The fourth-order valence-electron chi connectivity index (χ4n) is 10.0. The Kier molecular flexibility index (Phi) is 8.11. The quantitative estimate of drug-likeness (QED) is 0.160. The van der Waals surface area contributed by atoms with E-state index in [4.69, 9.17) is 4.42 Å². The van der Waals surface area contributed by atoms with Gasteiger partial charge in [-0.05, 0) is 115 Å². The Hall–Kier alpha value is -7.94. The molecular weight excluding hydrogens is 739 g/mol. The van der Waals surface area contributed by atoms with Crippen LogP contribution in [-0.4, -0.2) is 0 Å². The van der Waals surface area contributed by atoms with Crippen LogP contribution in [0.5, 0.6) is 0 Å². The number of fused-ring (bicyclic) bond motifs is 7. The highest BCUT2D eigenvalue weighted by atomic mass is 16.3. The molecule has 0 fully saturated rings. The summed E-state index contributed by atoms with van der Waals surface area (Å²) in [6, 6.07) is 86.0. The molecule has 0 bridgehead atoms. The third kappa shape index (κ3) is 5.57. The lowest BCUT2D eigenvalue weighted by Crippen LogP contribution is -2.28. The first-order chi connectivity index (χ1) is 30.2. The van der Waals surface area contributed by atoms with Crippen LogP contribution in [0, 0.1) is 0 Å². The number of nitrogens with zero attached hydrogens (tertiary/aromatic N) is 1. The molecule has 0 saturated heterocycles. The molecule has 0 spiro atoms. The van der Waals surface area contributed by atoms with Crippen LogP contribution in [-0.2, 0) is 5.41 Å². The van der Waals surface area contributed by atoms with E-state index < -0.39 is 5.41 Å². The first-order valence-corrected chi connectivity index (χ1v) is 21.0. The molecule has 0 radical (unpaired) electrons. The molecule has 0 N–H and O–H groups in total. The van der Waals surface area contributed by atoms with Crippen LogP contribution in [0.3, 0.4) is 0 Å². The van der Waals surface area contributed by atoms with Crippen molar-refractivity contribution in [3.8, 4) is 33.4 Å². The average Bonchev–Trinajstić information content (AvgIpc) is 3.86. The molecule has 2 nitrogen and oxygen atoms in total. The molecular formula is C59H39NO. The maximum Gasteiger partial charge on any atom is 0.137 e. The molecule has 1 heterocycles. The van der Waals surface area contributed by atoms with Crippen molar-refractivity contribution in [1.82, 2.24) is 0 Å². The van der Waals surface area contributed by atoms with Crippen molar-refractivity contribution in [3.63, 3.8) is 0 Å². The molecule has 0 saturated carbocycles. The van der Waals surface area contributed by atoms with E-state index in [9.17, 15) is 0 Å². The summed E-state index contributed by atoms with van der Waals surface area (Å²) in [7, 11) is 0. The summed E-state index contributed by atoms with van der Waals surface area (Å²) >= 11 is 0. The van der Waals surface area contributed by atoms with Gasteiger partial charge in [-0.1, -0.05) is 182 Å². The van der Waals surface area contributed by atoms with Crippen molar-refractivity contribution < 1.29 is 4.42 Å². The zero-order chi connectivity index (χ0) is 40.3. The van der Waals surface area contributed by atoms with E-state index in [0.717, 1.165) is 44.6 Å². The summed E-state index contributed by atoms with van der Waals surface area (Å²) in [4.78, 5) is 2.33. The third-order valence-electron chi connectivity index (χ3n) is 12.8. The maximum atomic E-state index is 6.42. The summed E-state index contributed by atoms with van der Waals surface area (Å²) in [5.41, 5.74) is 17.0. The van der Waals surface area contributed by atoms with Crippen LogP contribution in [0.15, 0.2) is 241 Å². The fraction of sp³-hybridized carbons (Fsp3) is 0.0169. The van der Waals surface area contributed by atoms with Gasteiger partial charge in [0.25, 0.3) is 0 Å². The molecule has 286 valence electrons. The summed E-state index contributed by atoms with van der Waals surface area (Å²) in [6.07, 6.45) is 0. The minimum atomic E-state index is -0.450. The Morgan fingerprint density at radius 2 is 0.852 bits per heavy atom. The Morgan fingerprint density at radius 3 is 1.61 bits per heavy atom. The standard InChI is InChI=1S/C59H39NO/c1-2-17-44(18-3-1)59(55-25-9-6-21-51(55)52-22-7-10-26-56(52)59)45-19-12-16-43(38-45)40-28-32-46(33-29-40)60(48-36-37-54-53-23-8-11-27-57(53)61-58(54)39-48)47-34-30-42(31-35-47)50-24-13-15-41-14-4-5-20-49(41)50/h1-39H. The van der Waals surface area contributed by atoms with E-state index in [-0.39, 0.29) is 0 Å². The van der Waals surface area contributed by atoms with E-state index >= 15 is 0 Å². The Labute approximate surface area is 355 Å². The molecule has 2 heteroatoms. The van der Waals surface area contributed by atoms with Crippen LogP contribution in [0.2, 0.25) is 0 Å². The number of furan rings is 1. The summed E-state index contributed by atoms with van der Waals surface area (Å²) < 4.78 is 6.42. The minimum absolute atomic E-state index is 0.450. The highest BCUT2D eigenvalue weighted by Crippen LogP contribution is 2.56. The molecule has 1 aromatic heterocycles. The highest BCUT2D eigenvalue weighted by Gasteiger charge is 2.45. The lowest BCUT2D eigenvalue weighted by Gasteiger charge is -2.34. The van der Waals surface area contributed by atoms with E-state index in [1.807, 2.05) is 12.1 Å². The summed E-state index contributed by atoms with van der Waals surface area (Å²) in [5, 5.41) is 4.73. The molecule has 1 aliphatic rings. The SMILES string of the molecule is c1ccc(C2(c3cccc(-c4ccc(N(c5ccc(-c6cccc7ccccc67)cc5)c5ccc6c(c5)oc5ccccc56)cc4)c3)c3ccccc3-c3ccccc32)cc1. The van der Waals surface area contributed by atoms with Crippen molar-refractivity contribution in [1.29, 1.82) is 0 Å². The zero-order valence-corrected chi connectivity index (χ0v) is 33.4. The van der Waals surface area contributed by atoms with Crippen LogP contribution < -0.4 is 4.90 Å². The molecule has 0 atom stereocenters. The molecule has 0 aliphatic heterocycles. The van der Waals surface area contributed by atoms with Crippen molar-refractivity contribution in [2.75, 3.05) is 4.90 Å². The van der Waals surface area contributed by atoms with Crippen LogP contribution in [0.25, 0.3) is 66.1 Å². The van der Waals surface area contributed by atoms with Crippen molar-refractivity contribution in [2.45, 2.75) is 5.41 Å². The number of para-hydroxylation sites is 1. The van der Waals surface area contributed by atoms with Crippen molar-refractivity contribution >= 4 is 49.8 Å². The number of hydrogen-bond donors (Lipinski definition) is 0. The van der Waals surface area contributed by atoms with Crippen molar-refractivity contribution in [3.05, 3.63) is 259 Å². The van der Waals surface area contributed by atoms with E-state index in [1.165, 1.54) is 60.8 Å². The summed E-state index contributed by atoms with van der Waals surface area (Å²) in [6.45, 7) is 0. The van der Waals surface area contributed by atoms with Crippen LogP contribution in [0.4, 0.5) is 17.1 Å². The van der Waals surface area contributed by atoms with Gasteiger partial charge < -0.3 is 9.32 Å². The minimum Gasteiger partial charge on any atom is -0.456 e. The van der Waals surface area contributed by atoms with Crippen LogP contribution >= 0.6 is 0 Å². The average molecular weight is 778 g/mol. The van der Waals surface area contributed by atoms with E-state index in [2.05, 4.69) is 229 Å². The lowest BCUT2D eigenvalue weighted by atomic mass is 9.67. The molecule has 12 rings (SSSR count). The van der Waals surface area contributed by atoms with Gasteiger partial charge in [-0.3, -0.25) is 0 Å². The van der Waals surface area contributed by atoms with Crippen molar-refractivity contribution in [2.24, 2.45) is 0 Å². The number of benzene rings is 10. The number of anilines is 3. The van der Waals surface area contributed by atoms with Gasteiger partial charge in [-0.25, -0.2) is 0 Å².